The fourth-order valence-electron chi connectivity index (χ4n) is 1.69. The molecule has 86 valence electrons. The van der Waals surface area contributed by atoms with Crippen molar-refractivity contribution in [1.29, 1.82) is 0 Å². The lowest BCUT2D eigenvalue weighted by Crippen LogP contribution is -2.15. The molecule has 2 heterocycles. The molecule has 0 saturated heterocycles. The summed E-state index contributed by atoms with van der Waals surface area (Å²) in [5.74, 6) is 0. The van der Waals surface area contributed by atoms with E-state index < -0.39 is 0 Å². The molecule has 0 bridgehead atoms. The lowest BCUT2D eigenvalue weighted by atomic mass is 10.1. The first-order valence-corrected chi connectivity index (χ1v) is 6.18. The Balaban J connectivity index is 2.28. The quantitative estimate of drug-likeness (QED) is 0.882. The maximum absolute atomic E-state index is 4.30. The van der Waals surface area contributed by atoms with E-state index in [2.05, 4.69) is 28.5 Å². The number of nitrogens with one attached hydrogen (secondary N) is 1. The molecule has 2 aromatic rings. The zero-order valence-electron chi connectivity index (χ0n) is 9.77. The van der Waals surface area contributed by atoms with Gasteiger partial charge in [0.2, 0.25) is 0 Å². The van der Waals surface area contributed by atoms with Crippen LogP contribution in [-0.4, -0.2) is 21.8 Å². The van der Waals surface area contributed by atoms with E-state index in [0.717, 1.165) is 11.6 Å². The Morgan fingerprint density at radius 1 is 1.50 bits per heavy atom. The minimum atomic E-state index is 0.200. The first-order valence-electron chi connectivity index (χ1n) is 5.36. The summed E-state index contributed by atoms with van der Waals surface area (Å²) in [7, 11) is 1.96. The van der Waals surface area contributed by atoms with Crippen molar-refractivity contribution in [1.82, 2.24) is 20.1 Å². The Morgan fingerprint density at radius 3 is 2.81 bits per heavy atom. The van der Waals surface area contributed by atoms with Crippen molar-refractivity contribution in [2.24, 2.45) is 0 Å². The van der Waals surface area contributed by atoms with Crippen LogP contribution in [0.3, 0.4) is 0 Å². The molecule has 2 rings (SSSR count). The van der Waals surface area contributed by atoms with Crippen LogP contribution < -0.4 is 5.32 Å². The molecule has 0 aliphatic rings. The number of rotatable bonds is 4. The van der Waals surface area contributed by atoms with Gasteiger partial charge in [-0.2, -0.15) is 5.10 Å². The van der Waals surface area contributed by atoms with Crippen LogP contribution in [0.4, 0.5) is 0 Å². The van der Waals surface area contributed by atoms with Crippen molar-refractivity contribution in [2.45, 2.75) is 26.4 Å². The Labute approximate surface area is 99.3 Å². The van der Waals surface area contributed by atoms with Gasteiger partial charge in [-0.15, -0.1) is 11.3 Å². The Kier molecular flexibility index (Phi) is 3.36. The molecule has 0 amide bonds. The first kappa shape index (κ1) is 11.3. The van der Waals surface area contributed by atoms with Crippen LogP contribution in [0.5, 0.6) is 0 Å². The van der Waals surface area contributed by atoms with Gasteiger partial charge in [0.05, 0.1) is 17.2 Å². The van der Waals surface area contributed by atoms with Gasteiger partial charge in [0.15, 0.2) is 0 Å². The first-order chi connectivity index (χ1) is 7.74. The second kappa shape index (κ2) is 4.76. The van der Waals surface area contributed by atoms with Crippen LogP contribution in [-0.2, 0) is 6.54 Å². The Morgan fingerprint density at radius 2 is 2.31 bits per heavy atom. The van der Waals surface area contributed by atoms with E-state index in [1.807, 2.05) is 31.0 Å². The minimum Gasteiger partial charge on any atom is -0.309 e. The van der Waals surface area contributed by atoms with Crippen molar-refractivity contribution in [3.05, 3.63) is 34.0 Å². The number of nitrogens with zero attached hydrogens (tertiary/aromatic N) is 3. The van der Waals surface area contributed by atoms with Crippen molar-refractivity contribution in [2.75, 3.05) is 7.05 Å². The number of aryl methyl sites for hydroxylation is 2. The van der Waals surface area contributed by atoms with E-state index in [4.69, 9.17) is 0 Å². The lowest BCUT2D eigenvalue weighted by Gasteiger charge is -2.11. The van der Waals surface area contributed by atoms with Crippen LogP contribution >= 0.6 is 11.3 Å². The van der Waals surface area contributed by atoms with Crippen molar-refractivity contribution in [3.8, 4) is 0 Å². The molecule has 4 nitrogen and oxygen atoms in total. The summed E-state index contributed by atoms with van der Waals surface area (Å²) < 4.78 is 1.94. The molecule has 0 spiro atoms. The summed E-state index contributed by atoms with van der Waals surface area (Å²) in [6, 6.07) is 0.200. The van der Waals surface area contributed by atoms with Crippen LogP contribution in [0.15, 0.2) is 18.6 Å². The fourth-order valence-corrected chi connectivity index (χ4v) is 2.61. The normalized spacial score (nSPS) is 12.9. The van der Waals surface area contributed by atoms with Gasteiger partial charge in [0.25, 0.3) is 0 Å². The molecular formula is C11H16N4S. The highest BCUT2D eigenvalue weighted by Gasteiger charge is 2.15. The van der Waals surface area contributed by atoms with Gasteiger partial charge in [-0.1, -0.05) is 0 Å². The maximum Gasteiger partial charge on any atom is 0.0897 e. The smallest absolute Gasteiger partial charge is 0.0897 e. The third-order valence-corrected chi connectivity index (χ3v) is 3.50. The van der Waals surface area contributed by atoms with Crippen molar-refractivity contribution < 1.29 is 0 Å². The summed E-state index contributed by atoms with van der Waals surface area (Å²) in [5.41, 5.74) is 1.19. The molecule has 0 aliphatic carbocycles. The van der Waals surface area contributed by atoms with E-state index in [-0.39, 0.29) is 6.04 Å². The maximum atomic E-state index is 4.30. The van der Waals surface area contributed by atoms with Crippen molar-refractivity contribution >= 4 is 11.3 Å². The molecule has 1 N–H and O–H groups in total. The molecule has 2 aromatic heterocycles. The molecule has 0 aromatic carbocycles. The third-order valence-electron chi connectivity index (χ3n) is 2.52. The van der Waals surface area contributed by atoms with Crippen LogP contribution in [0, 0.1) is 6.92 Å². The predicted molar refractivity (Wildman–Crippen MR) is 65.7 cm³/mol. The number of thiazole rings is 1. The summed E-state index contributed by atoms with van der Waals surface area (Å²) in [4.78, 5) is 5.52. The zero-order chi connectivity index (χ0) is 11.5. The molecular weight excluding hydrogens is 220 g/mol. The predicted octanol–water partition coefficient (Wildman–Crippen LogP) is 1.98. The average molecular weight is 236 g/mol. The van der Waals surface area contributed by atoms with Crippen LogP contribution in [0.2, 0.25) is 0 Å². The van der Waals surface area contributed by atoms with Gasteiger partial charge in [0.1, 0.15) is 0 Å². The SMILES string of the molecule is CCn1cc(C(NC)c2cnc(C)s2)cn1. The van der Waals surface area contributed by atoms with Gasteiger partial charge in [-0.05, 0) is 20.9 Å². The highest BCUT2D eigenvalue weighted by atomic mass is 32.1. The van der Waals surface area contributed by atoms with Gasteiger partial charge in [-0.3, -0.25) is 4.68 Å². The van der Waals surface area contributed by atoms with Crippen molar-refractivity contribution in [3.63, 3.8) is 0 Å². The topological polar surface area (TPSA) is 42.7 Å². The second-order valence-electron chi connectivity index (χ2n) is 3.63. The lowest BCUT2D eigenvalue weighted by molar-refractivity contribution is 0.654. The standard InChI is InChI=1S/C11H16N4S/c1-4-15-7-9(5-14-15)11(12-3)10-6-13-8(2)16-10/h5-7,11-12H,4H2,1-3H3. The number of hydrogen-bond donors (Lipinski definition) is 1. The van der Waals surface area contributed by atoms with Crippen LogP contribution in [0.1, 0.15) is 28.4 Å². The van der Waals surface area contributed by atoms with Gasteiger partial charge in [-0.25, -0.2) is 4.98 Å². The summed E-state index contributed by atoms with van der Waals surface area (Å²) in [6.07, 6.45) is 5.93. The number of hydrogen-bond acceptors (Lipinski definition) is 4. The van der Waals surface area contributed by atoms with E-state index in [1.54, 1.807) is 11.3 Å². The minimum absolute atomic E-state index is 0.200. The molecule has 0 saturated carbocycles. The van der Waals surface area contributed by atoms with Crippen LogP contribution in [0.25, 0.3) is 0 Å². The summed E-state index contributed by atoms with van der Waals surface area (Å²) in [6.45, 7) is 5.01. The summed E-state index contributed by atoms with van der Waals surface area (Å²) in [5, 5.41) is 8.69. The monoisotopic (exact) mass is 236 g/mol. The highest BCUT2D eigenvalue weighted by molar-refractivity contribution is 7.11. The highest BCUT2D eigenvalue weighted by Crippen LogP contribution is 2.25. The van der Waals surface area contributed by atoms with Gasteiger partial charge < -0.3 is 5.32 Å². The van der Waals surface area contributed by atoms with Gasteiger partial charge >= 0.3 is 0 Å². The average Bonchev–Trinajstić information content (AvgIpc) is 2.89. The third kappa shape index (κ3) is 2.15. The molecule has 5 heteroatoms. The fraction of sp³-hybridized carbons (Fsp3) is 0.455. The van der Waals surface area contributed by atoms with E-state index >= 15 is 0 Å². The molecule has 0 fully saturated rings. The van der Waals surface area contributed by atoms with E-state index in [0.29, 0.717) is 0 Å². The van der Waals surface area contributed by atoms with E-state index in [9.17, 15) is 0 Å². The van der Waals surface area contributed by atoms with Gasteiger partial charge in [0, 0.05) is 29.4 Å². The molecule has 1 unspecified atom stereocenters. The molecule has 0 aliphatic heterocycles. The largest absolute Gasteiger partial charge is 0.309 e. The summed E-state index contributed by atoms with van der Waals surface area (Å²) >= 11 is 1.72. The Hall–Kier alpha value is -1.20. The molecule has 16 heavy (non-hydrogen) atoms. The Bertz CT molecular complexity index is 460. The number of aromatic nitrogens is 3. The zero-order valence-corrected chi connectivity index (χ0v) is 10.6. The molecule has 1 atom stereocenters. The van der Waals surface area contributed by atoms with E-state index in [1.165, 1.54) is 10.4 Å². The molecule has 0 radical (unpaired) electrons. The second-order valence-corrected chi connectivity index (χ2v) is 4.90.